The van der Waals surface area contributed by atoms with Gasteiger partial charge in [-0.25, -0.2) is 13.2 Å². The van der Waals surface area contributed by atoms with Crippen molar-refractivity contribution in [2.75, 3.05) is 40.0 Å². The molecule has 0 unspecified atom stereocenters. The van der Waals surface area contributed by atoms with Crippen LogP contribution >= 0.6 is 0 Å². The zero-order chi connectivity index (χ0) is 24.1. The average molecular weight is 490 g/mol. The molecule has 2 aromatic rings. The van der Waals surface area contributed by atoms with Gasteiger partial charge < -0.3 is 18.9 Å². The summed E-state index contributed by atoms with van der Waals surface area (Å²) in [7, 11) is -2.40. The van der Waals surface area contributed by atoms with Crippen molar-refractivity contribution in [2.24, 2.45) is 0 Å². The second-order valence-corrected chi connectivity index (χ2v) is 9.98. The molecule has 0 atom stereocenters. The summed E-state index contributed by atoms with van der Waals surface area (Å²) in [5.41, 5.74) is 0.245. The van der Waals surface area contributed by atoms with Crippen LogP contribution in [0.2, 0.25) is 0 Å². The Balaban J connectivity index is 1.49. The molecule has 2 aromatic carbocycles. The number of ether oxygens (including phenoxy) is 4. The van der Waals surface area contributed by atoms with Crippen molar-refractivity contribution in [3.8, 4) is 17.2 Å². The van der Waals surface area contributed by atoms with E-state index in [0.29, 0.717) is 43.4 Å². The number of sulfonamides is 1. The minimum absolute atomic E-state index is 0.0136. The van der Waals surface area contributed by atoms with E-state index in [9.17, 15) is 18.0 Å². The molecule has 1 saturated heterocycles. The van der Waals surface area contributed by atoms with Crippen LogP contribution in [0, 0.1) is 0 Å². The lowest BCUT2D eigenvalue weighted by Gasteiger charge is -2.20. The SMILES string of the molecule is COc1ccc(S(=O)(=O)N2CCCCCC2)cc1C(=O)OCC(=O)c1ccc2c(c1)OCCO2. The molecule has 10 heteroatoms. The van der Waals surface area contributed by atoms with Gasteiger partial charge in [0.2, 0.25) is 10.0 Å². The van der Waals surface area contributed by atoms with Gasteiger partial charge in [-0.2, -0.15) is 4.31 Å². The molecule has 0 saturated carbocycles. The molecule has 0 aliphatic carbocycles. The molecule has 182 valence electrons. The van der Waals surface area contributed by atoms with Gasteiger partial charge in [-0.1, -0.05) is 12.8 Å². The molecule has 4 rings (SSSR count). The van der Waals surface area contributed by atoms with Crippen LogP contribution in [0.3, 0.4) is 0 Å². The predicted octanol–water partition coefficient (Wildman–Crippen LogP) is 3.07. The molecule has 2 aliphatic heterocycles. The van der Waals surface area contributed by atoms with E-state index < -0.39 is 28.4 Å². The molecule has 0 spiro atoms. The van der Waals surface area contributed by atoms with Crippen molar-refractivity contribution in [3.05, 3.63) is 47.5 Å². The summed E-state index contributed by atoms with van der Waals surface area (Å²) < 4.78 is 49.1. The van der Waals surface area contributed by atoms with Gasteiger partial charge in [-0.15, -0.1) is 0 Å². The third kappa shape index (κ3) is 5.18. The summed E-state index contributed by atoms with van der Waals surface area (Å²) in [6, 6.07) is 8.82. The maximum absolute atomic E-state index is 13.1. The molecule has 2 heterocycles. The van der Waals surface area contributed by atoms with E-state index in [4.69, 9.17) is 18.9 Å². The number of carbonyl (C=O) groups excluding carboxylic acids is 2. The molecule has 0 amide bonds. The number of rotatable bonds is 7. The fourth-order valence-electron chi connectivity index (χ4n) is 3.95. The first-order valence-electron chi connectivity index (χ1n) is 11.2. The minimum Gasteiger partial charge on any atom is -0.496 e. The Kier molecular flexibility index (Phi) is 7.38. The first-order valence-corrected chi connectivity index (χ1v) is 12.6. The maximum atomic E-state index is 13.1. The average Bonchev–Trinajstić information content (AvgIpc) is 3.16. The number of hydrogen-bond donors (Lipinski definition) is 0. The molecular formula is C24H27NO8S. The third-order valence-electron chi connectivity index (χ3n) is 5.79. The second-order valence-electron chi connectivity index (χ2n) is 8.04. The second kappa shape index (κ2) is 10.4. The number of ketones is 1. The van der Waals surface area contributed by atoms with Gasteiger partial charge in [0.05, 0.1) is 12.0 Å². The van der Waals surface area contributed by atoms with Gasteiger partial charge in [0.25, 0.3) is 0 Å². The number of carbonyl (C=O) groups is 2. The van der Waals surface area contributed by atoms with Crippen LogP contribution in [-0.4, -0.2) is 64.5 Å². The summed E-state index contributed by atoms with van der Waals surface area (Å²) in [5.74, 6) is -0.122. The lowest BCUT2D eigenvalue weighted by molar-refractivity contribution is 0.0471. The van der Waals surface area contributed by atoms with E-state index in [-0.39, 0.29) is 16.2 Å². The predicted molar refractivity (Wildman–Crippen MR) is 122 cm³/mol. The number of hydrogen-bond acceptors (Lipinski definition) is 8. The molecule has 0 radical (unpaired) electrons. The van der Waals surface area contributed by atoms with Crippen LogP contribution in [0.1, 0.15) is 46.4 Å². The molecule has 34 heavy (non-hydrogen) atoms. The normalized spacial score (nSPS) is 16.4. The van der Waals surface area contributed by atoms with Gasteiger partial charge in [-0.05, 0) is 49.2 Å². The first-order chi connectivity index (χ1) is 16.4. The van der Waals surface area contributed by atoms with Crippen LogP contribution in [0.25, 0.3) is 0 Å². The van der Waals surface area contributed by atoms with Crippen molar-refractivity contribution in [3.63, 3.8) is 0 Å². The van der Waals surface area contributed by atoms with E-state index in [2.05, 4.69) is 0 Å². The van der Waals surface area contributed by atoms with Crippen molar-refractivity contribution >= 4 is 21.8 Å². The molecule has 0 N–H and O–H groups in total. The van der Waals surface area contributed by atoms with Crippen molar-refractivity contribution in [1.82, 2.24) is 4.31 Å². The first kappa shape index (κ1) is 24.0. The van der Waals surface area contributed by atoms with E-state index in [0.717, 1.165) is 25.7 Å². The number of fused-ring (bicyclic) bond motifs is 1. The number of esters is 1. The minimum atomic E-state index is -3.77. The topological polar surface area (TPSA) is 108 Å². The highest BCUT2D eigenvalue weighted by molar-refractivity contribution is 7.89. The van der Waals surface area contributed by atoms with Gasteiger partial charge >= 0.3 is 5.97 Å². The van der Waals surface area contributed by atoms with Crippen molar-refractivity contribution in [2.45, 2.75) is 30.6 Å². The van der Waals surface area contributed by atoms with Gasteiger partial charge in [0, 0.05) is 18.7 Å². The van der Waals surface area contributed by atoms with Crippen LogP contribution in [-0.2, 0) is 14.8 Å². The Labute approximate surface area is 198 Å². The number of Topliss-reactive ketones (excluding diaryl/α,β-unsaturated/α-hetero) is 1. The molecule has 2 aliphatic rings. The third-order valence-corrected chi connectivity index (χ3v) is 7.69. The summed E-state index contributed by atoms with van der Waals surface area (Å²) in [6.45, 7) is 1.18. The number of methoxy groups -OCH3 is 1. The van der Waals surface area contributed by atoms with E-state index in [1.807, 2.05) is 0 Å². The zero-order valence-electron chi connectivity index (χ0n) is 18.9. The highest BCUT2D eigenvalue weighted by Gasteiger charge is 2.28. The Bertz CT molecular complexity index is 1170. The van der Waals surface area contributed by atoms with E-state index >= 15 is 0 Å². The molecular weight excluding hydrogens is 462 g/mol. The lowest BCUT2D eigenvalue weighted by Crippen LogP contribution is -2.32. The Morgan fingerprint density at radius 2 is 1.65 bits per heavy atom. The van der Waals surface area contributed by atoms with Crippen LogP contribution in [0.15, 0.2) is 41.3 Å². The van der Waals surface area contributed by atoms with Crippen LogP contribution < -0.4 is 14.2 Å². The van der Waals surface area contributed by atoms with E-state index in [1.54, 1.807) is 18.2 Å². The number of nitrogens with zero attached hydrogens (tertiary/aromatic N) is 1. The summed E-state index contributed by atoms with van der Waals surface area (Å²) >= 11 is 0. The van der Waals surface area contributed by atoms with Crippen molar-refractivity contribution in [1.29, 1.82) is 0 Å². The Morgan fingerprint density at radius 3 is 2.35 bits per heavy atom. The maximum Gasteiger partial charge on any atom is 0.342 e. The van der Waals surface area contributed by atoms with Gasteiger partial charge in [-0.3, -0.25) is 4.79 Å². The van der Waals surface area contributed by atoms with Gasteiger partial charge in [0.1, 0.15) is 24.5 Å². The van der Waals surface area contributed by atoms with E-state index in [1.165, 1.54) is 29.6 Å². The fraction of sp³-hybridized carbons (Fsp3) is 0.417. The monoisotopic (exact) mass is 489 g/mol. The molecule has 0 aromatic heterocycles. The van der Waals surface area contributed by atoms with Crippen LogP contribution in [0.4, 0.5) is 0 Å². The summed E-state index contributed by atoms with van der Waals surface area (Å²) in [5, 5.41) is 0. The van der Waals surface area contributed by atoms with Crippen molar-refractivity contribution < 1.29 is 37.0 Å². The highest BCUT2D eigenvalue weighted by Crippen LogP contribution is 2.31. The number of benzene rings is 2. The molecule has 0 bridgehead atoms. The molecule has 1 fully saturated rings. The lowest BCUT2D eigenvalue weighted by atomic mass is 10.1. The molecule has 9 nitrogen and oxygen atoms in total. The zero-order valence-corrected chi connectivity index (χ0v) is 19.8. The van der Waals surface area contributed by atoms with Gasteiger partial charge in [0.15, 0.2) is 23.9 Å². The summed E-state index contributed by atoms with van der Waals surface area (Å²) in [6.07, 6.45) is 3.58. The largest absolute Gasteiger partial charge is 0.496 e. The standard InChI is InChI=1S/C24H27NO8S/c1-30-21-9-7-18(34(28,29)25-10-4-2-3-5-11-25)15-19(21)24(27)33-16-20(26)17-6-8-22-23(14-17)32-13-12-31-22/h6-9,14-15H,2-5,10-13,16H2,1H3. The quantitative estimate of drug-likeness (QED) is 0.431. The summed E-state index contributed by atoms with van der Waals surface area (Å²) in [4.78, 5) is 25.4. The Morgan fingerprint density at radius 1 is 0.941 bits per heavy atom. The highest BCUT2D eigenvalue weighted by atomic mass is 32.2. The van der Waals surface area contributed by atoms with Crippen LogP contribution in [0.5, 0.6) is 17.2 Å². The Hall–Kier alpha value is -3.11. The fourth-order valence-corrected chi connectivity index (χ4v) is 5.49. The smallest absolute Gasteiger partial charge is 0.342 e.